The van der Waals surface area contributed by atoms with E-state index in [1.54, 1.807) is 49.6 Å². The molecular formula is C17H13N7O2S. The number of carbonyl (C=O) groups is 1. The monoisotopic (exact) mass is 379 g/mol. The Kier molecular flexibility index (Phi) is 4.38. The van der Waals surface area contributed by atoms with E-state index >= 15 is 0 Å². The van der Waals surface area contributed by atoms with E-state index < -0.39 is 11.9 Å². The molecule has 0 saturated heterocycles. The lowest BCUT2D eigenvalue weighted by Gasteiger charge is -2.12. The van der Waals surface area contributed by atoms with E-state index in [1.165, 1.54) is 11.3 Å². The van der Waals surface area contributed by atoms with Crippen molar-refractivity contribution in [2.24, 2.45) is 0 Å². The second-order valence-electron chi connectivity index (χ2n) is 5.68. The van der Waals surface area contributed by atoms with Crippen molar-refractivity contribution in [3.8, 4) is 10.6 Å². The van der Waals surface area contributed by atoms with Crippen molar-refractivity contribution in [2.75, 3.05) is 5.32 Å². The molecule has 0 aliphatic heterocycles. The first-order valence-corrected chi connectivity index (χ1v) is 8.84. The van der Waals surface area contributed by atoms with Gasteiger partial charge in [0.1, 0.15) is 11.6 Å². The second-order valence-corrected chi connectivity index (χ2v) is 6.65. The molecule has 4 aromatic rings. The van der Waals surface area contributed by atoms with Gasteiger partial charge in [0.2, 0.25) is 5.13 Å². The van der Waals surface area contributed by atoms with Gasteiger partial charge in [0.05, 0.1) is 5.39 Å². The zero-order chi connectivity index (χ0) is 18.8. The number of carbonyl (C=O) groups excluding carboxylic acids is 1. The average molecular weight is 379 g/mol. The second kappa shape index (κ2) is 7.00. The summed E-state index contributed by atoms with van der Waals surface area (Å²) >= 11 is 1.22. The molecule has 0 unspecified atom stereocenters. The van der Waals surface area contributed by atoms with E-state index in [9.17, 15) is 9.59 Å². The van der Waals surface area contributed by atoms with E-state index in [4.69, 9.17) is 0 Å². The van der Waals surface area contributed by atoms with Crippen LogP contribution in [0.5, 0.6) is 0 Å². The zero-order valence-corrected chi connectivity index (χ0v) is 14.9. The highest BCUT2D eigenvalue weighted by Gasteiger charge is 2.20. The molecular weight excluding hydrogens is 366 g/mol. The fraction of sp³-hybridized carbons (Fsp3) is 0.118. The van der Waals surface area contributed by atoms with Crippen LogP contribution < -0.4 is 10.9 Å². The Morgan fingerprint density at radius 3 is 2.81 bits per heavy atom. The Bertz CT molecular complexity index is 1170. The Morgan fingerprint density at radius 1 is 1.15 bits per heavy atom. The average Bonchev–Trinajstić information content (AvgIpc) is 3.17. The molecule has 27 heavy (non-hydrogen) atoms. The van der Waals surface area contributed by atoms with Gasteiger partial charge in [-0.25, -0.2) is 0 Å². The van der Waals surface area contributed by atoms with Crippen molar-refractivity contribution in [3.05, 3.63) is 59.1 Å². The van der Waals surface area contributed by atoms with Crippen LogP contribution in [0.3, 0.4) is 0 Å². The molecule has 0 saturated carbocycles. The molecule has 1 aromatic carbocycles. The summed E-state index contributed by atoms with van der Waals surface area (Å²) in [6, 6.07) is 9.64. The number of pyridine rings is 1. The lowest BCUT2D eigenvalue weighted by Crippen LogP contribution is -2.34. The molecule has 1 atom stereocenters. The van der Waals surface area contributed by atoms with Crippen LogP contribution in [-0.2, 0) is 4.79 Å². The summed E-state index contributed by atoms with van der Waals surface area (Å²) in [6.07, 6.45) is 3.33. The first-order valence-electron chi connectivity index (χ1n) is 8.02. The topological polar surface area (TPSA) is 116 Å². The van der Waals surface area contributed by atoms with Gasteiger partial charge in [-0.05, 0) is 31.2 Å². The predicted octanol–water partition coefficient (Wildman–Crippen LogP) is 1.90. The zero-order valence-electron chi connectivity index (χ0n) is 14.1. The summed E-state index contributed by atoms with van der Waals surface area (Å²) < 4.78 is 1.06. The van der Waals surface area contributed by atoms with Gasteiger partial charge < -0.3 is 0 Å². The van der Waals surface area contributed by atoms with Crippen molar-refractivity contribution in [1.82, 2.24) is 30.2 Å². The molecule has 9 nitrogen and oxygen atoms in total. The number of nitrogens with zero attached hydrogens (tertiary/aromatic N) is 6. The van der Waals surface area contributed by atoms with Crippen LogP contribution in [0.2, 0.25) is 0 Å². The van der Waals surface area contributed by atoms with Crippen LogP contribution in [0.1, 0.15) is 13.0 Å². The molecule has 0 fully saturated rings. The van der Waals surface area contributed by atoms with Gasteiger partial charge in [0.25, 0.3) is 11.5 Å². The number of aromatic nitrogens is 6. The number of hydrogen-bond acceptors (Lipinski definition) is 8. The highest BCUT2D eigenvalue weighted by atomic mass is 32.1. The van der Waals surface area contributed by atoms with Gasteiger partial charge in [0.15, 0.2) is 5.01 Å². The summed E-state index contributed by atoms with van der Waals surface area (Å²) in [7, 11) is 0. The predicted molar refractivity (Wildman–Crippen MR) is 100 cm³/mol. The highest BCUT2D eigenvalue weighted by Crippen LogP contribution is 2.25. The molecule has 1 amide bonds. The maximum Gasteiger partial charge on any atom is 0.278 e. The molecule has 0 aliphatic rings. The fourth-order valence-corrected chi connectivity index (χ4v) is 3.19. The molecule has 0 aliphatic carbocycles. The first-order chi connectivity index (χ1) is 13.1. The number of hydrogen-bond donors (Lipinski definition) is 1. The third-order valence-corrected chi connectivity index (χ3v) is 4.79. The number of benzene rings is 1. The Labute approximate surface area is 156 Å². The minimum absolute atomic E-state index is 0.326. The van der Waals surface area contributed by atoms with Crippen molar-refractivity contribution < 1.29 is 4.79 Å². The maximum atomic E-state index is 12.6. The quantitative estimate of drug-likeness (QED) is 0.576. The van der Waals surface area contributed by atoms with Gasteiger partial charge in [-0.1, -0.05) is 28.7 Å². The van der Waals surface area contributed by atoms with Crippen molar-refractivity contribution in [1.29, 1.82) is 0 Å². The summed E-state index contributed by atoms with van der Waals surface area (Å²) in [5.41, 5.74) is 0.910. The number of amides is 1. The molecule has 0 spiro atoms. The standard InChI is InChI=1S/C17H13N7O2S/c1-10(24-16(26)12-6-2-3-7-13(12)20-23-24)14(25)19-17-22-21-15(27-17)11-5-4-8-18-9-11/h2-10H,1H3,(H,19,22,25)/t10-/m0/s1. The van der Waals surface area contributed by atoms with Crippen LogP contribution >= 0.6 is 11.3 Å². The van der Waals surface area contributed by atoms with E-state index in [1.807, 2.05) is 6.07 Å². The minimum Gasteiger partial charge on any atom is -0.299 e. The summed E-state index contributed by atoms with van der Waals surface area (Å²) in [6.45, 7) is 1.57. The van der Waals surface area contributed by atoms with Gasteiger partial charge in [-0.2, -0.15) is 4.68 Å². The van der Waals surface area contributed by atoms with Gasteiger partial charge in [-0.15, -0.1) is 15.3 Å². The Balaban J connectivity index is 1.56. The summed E-state index contributed by atoms with van der Waals surface area (Å²) in [4.78, 5) is 29.1. The fourth-order valence-electron chi connectivity index (χ4n) is 2.46. The number of rotatable bonds is 4. The molecule has 0 radical (unpaired) electrons. The lowest BCUT2D eigenvalue weighted by molar-refractivity contribution is -0.119. The smallest absolute Gasteiger partial charge is 0.278 e. The SMILES string of the molecule is C[C@@H](C(=O)Nc1nnc(-c2cccnc2)s1)n1nnc2ccccc2c1=O. The lowest BCUT2D eigenvalue weighted by atomic mass is 10.2. The molecule has 0 bridgehead atoms. The largest absolute Gasteiger partial charge is 0.299 e. The van der Waals surface area contributed by atoms with Gasteiger partial charge in [-0.3, -0.25) is 19.9 Å². The molecule has 3 aromatic heterocycles. The third-order valence-electron chi connectivity index (χ3n) is 3.90. The van der Waals surface area contributed by atoms with E-state index in [0.29, 0.717) is 21.0 Å². The molecule has 3 heterocycles. The summed E-state index contributed by atoms with van der Waals surface area (Å²) in [5, 5.41) is 19.9. The first kappa shape index (κ1) is 16.9. The van der Waals surface area contributed by atoms with E-state index in [0.717, 1.165) is 10.2 Å². The van der Waals surface area contributed by atoms with Crippen molar-refractivity contribution in [2.45, 2.75) is 13.0 Å². The van der Waals surface area contributed by atoms with Crippen LogP contribution in [0, 0.1) is 0 Å². The normalized spacial score (nSPS) is 12.0. The van der Waals surface area contributed by atoms with Gasteiger partial charge in [0, 0.05) is 18.0 Å². The van der Waals surface area contributed by atoms with Crippen LogP contribution in [0.25, 0.3) is 21.5 Å². The number of anilines is 1. The Hall–Kier alpha value is -3.53. The molecule has 1 N–H and O–H groups in total. The van der Waals surface area contributed by atoms with E-state index in [2.05, 4.69) is 30.8 Å². The van der Waals surface area contributed by atoms with Crippen LogP contribution in [0.4, 0.5) is 5.13 Å². The van der Waals surface area contributed by atoms with Crippen molar-refractivity contribution >= 4 is 33.3 Å². The van der Waals surface area contributed by atoms with Crippen molar-refractivity contribution in [3.63, 3.8) is 0 Å². The Morgan fingerprint density at radius 2 is 2.00 bits per heavy atom. The summed E-state index contributed by atoms with van der Waals surface area (Å²) in [5.74, 6) is -0.435. The highest BCUT2D eigenvalue weighted by molar-refractivity contribution is 7.18. The molecule has 4 rings (SSSR count). The molecule has 10 heteroatoms. The van der Waals surface area contributed by atoms with Crippen LogP contribution in [0.15, 0.2) is 53.6 Å². The van der Waals surface area contributed by atoms with E-state index in [-0.39, 0.29) is 5.56 Å². The minimum atomic E-state index is -0.861. The molecule has 134 valence electrons. The van der Waals surface area contributed by atoms with Gasteiger partial charge >= 0.3 is 0 Å². The number of nitrogens with one attached hydrogen (secondary N) is 1. The third kappa shape index (κ3) is 3.29. The number of fused-ring (bicyclic) bond motifs is 1. The van der Waals surface area contributed by atoms with Crippen LogP contribution in [-0.4, -0.2) is 36.1 Å². The maximum absolute atomic E-state index is 12.6.